The van der Waals surface area contributed by atoms with Crippen LogP contribution in [0.15, 0.2) is 47.4 Å². The number of nitrogens with zero attached hydrogens (tertiary/aromatic N) is 1. The van der Waals surface area contributed by atoms with E-state index in [0.29, 0.717) is 29.2 Å². The maximum atomic E-state index is 13.1. The molecule has 0 bridgehead atoms. The first kappa shape index (κ1) is 18.2. The number of hydrogen-bond acceptors (Lipinski definition) is 4. The molecule has 2 aromatic carbocycles. The summed E-state index contributed by atoms with van der Waals surface area (Å²) < 4.78 is 27.4. The second-order valence-corrected chi connectivity index (χ2v) is 8.41. The third-order valence-corrected chi connectivity index (χ3v) is 6.51. The van der Waals surface area contributed by atoms with E-state index in [1.54, 1.807) is 19.2 Å². The monoisotopic (exact) mass is 380 g/mol. The van der Waals surface area contributed by atoms with Crippen molar-refractivity contribution in [1.82, 2.24) is 5.32 Å². The average Bonchev–Trinajstić information content (AvgIpc) is 2.67. The number of rotatable bonds is 5. The minimum atomic E-state index is -3.69. The van der Waals surface area contributed by atoms with Gasteiger partial charge in [0.05, 0.1) is 16.6 Å². The normalized spacial score (nSPS) is 18.4. The average molecular weight is 381 g/mol. The van der Waals surface area contributed by atoms with Crippen LogP contribution in [0.4, 0.5) is 5.69 Å². The molecule has 0 saturated carbocycles. The number of halogens is 1. The van der Waals surface area contributed by atoms with Gasteiger partial charge < -0.3 is 10.4 Å². The van der Waals surface area contributed by atoms with Gasteiger partial charge in [-0.25, -0.2) is 8.42 Å². The van der Waals surface area contributed by atoms with Crippen LogP contribution >= 0.6 is 11.6 Å². The van der Waals surface area contributed by atoms with Crippen LogP contribution in [-0.4, -0.2) is 33.7 Å². The Morgan fingerprint density at radius 2 is 1.92 bits per heavy atom. The van der Waals surface area contributed by atoms with E-state index >= 15 is 0 Å². The highest BCUT2D eigenvalue weighted by Crippen LogP contribution is 2.40. The number of benzene rings is 2. The van der Waals surface area contributed by atoms with Crippen molar-refractivity contribution in [1.29, 1.82) is 0 Å². The van der Waals surface area contributed by atoms with Gasteiger partial charge in [-0.1, -0.05) is 35.9 Å². The van der Waals surface area contributed by atoms with E-state index in [0.717, 1.165) is 12.0 Å². The molecule has 1 aliphatic heterocycles. The van der Waals surface area contributed by atoms with Crippen molar-refractivity contribution in [3.05, 3.63) is 58.6 Å². The lowest BCUT2D eigenvalue weighted by Crippen LogP contribution is -2.26. The van der Waals surface area contributed by atoms with Gasteiger partial charge >= 0.3 is 0 Å². The molecule has 5 nitrogen and oxygen atoms in total. The largest absolute Gasteiger partial charge is 0.396 e. The van der Waals surface area contributed by atoms with Gasteiger partial charge in [0.1, 0.15) is 0 Å². The highest BCUT2D eigenvalue weighted by atomic mass is 35.5. The highest BCUT2D eigenvalue weighted by Gasteiger charge is 2.34. The number of anilines is 1. The van der Waals surface area contributed by atoms with Crippen LogP contribution in [0.3, 0.4) is 0 Å². The molecule has 2 aromatic rings. The molecular weight excluding hydrogens is 360 g/mol. The molecule has 0 spiro atoms. The summed E-state index contributed by atoms with van der Waals surface area (Å²) >= 11 is 6.08. The third-order valence-electron chi connectivity index (χ3n) is 4.45. The van der Waals surface area contributed by atoms with Crippen molar-refractivity contribution in [2.45, 2.75) is 23.8 Å². The fourth-order valence-corrected chi connectivity index (χ4v) is 4.85. The summed E-state index contributed by atoms with van der Waals surface area (Å²) in [6, 6.07) is 12.2. The van der Waals surface area contributed by atoms with Crippen LogP contribution in [0.25, 0.3) is 0 Å². The molecule has 134 valence electrons. The Morgan fingerprint density at radius 3 is 2.68 bits per heavy atom. The van der Waals surface area contributed by atoms with E-state index in [1.807, 2.05) is 24.3 Å². The predicted molar refractivity (Wildman–Crippen MR) is 99.6 cm³/mol. The van der Waals surface area contributed by atoms with E-state index in [-0.39, 0.29) is 17.5 Å². The minimum Gasteiger partial charge on any atom is -0.396 e. The van der Waals surface area contributed by atoms with E-state index < -0.39 is 10.0 Å². The van der Waals surface area contributed by atoms with E-state index in [4.69, 9.17) is 16.7 Å². The Hall–Kier alpha value is -1.60. The van der Waals surface area contributed by atoms with Crippen LogP contribution < -0.4 is 9.62 Å². The van der Waals surface area contributed by atoms with Gasteiger partial charge in [-0.15, -0.1) is 0 Å². The smallest absolute Gasteiger partial charge is 0.264 e. The maximum Gasteiger partial charge on any atom is 0.264 e. The van der Waals surface area contributed by atoms with Gasteiger partial charge in [0.25, 0.3) is 10.0 Å². The number of hydrogen-bond donors (Lipinski definition) is 2. The SMILES string of the molecule is CN1c2ccccc2C(NCCCCO)c2ccc(Cl)cc2S1(=O)=O. The minimum absolute atomic E-state index is 0.145. The first-order chi connectivity index (χ1) is 12.0. The standard InChI is InChI=1S/C18H21ClN2O3S/c1-21-16-7-3-2-6-14(16)18(20-10-4-5-11-22)15-9-8-13(19)12-17(15)25(21,23)24/h2-3,6-9,12,18,20,22H,4-5,10-11H2,1H3. The van der Waals surface area contributed by atoms with E-state index in [9.17, 15) is 8.42 Å². The molecule has 0 aliphatic carbocycles. The number of unbranched alkanes of at least 4 members (excludes halogenated alkanes) is 1. The molecule has 1 aliphatic rings. The summed E-state index contributed by atoms with van der Waals surface area (Å²) in [4.78, 5) is 0.221. The summed E-state index contributed by atoms with van der Waals surface area (Å²) in [6.07, 6.45) is 1.51. The molecule has 7 heteroatoms. The van der Waals surface area contributed by atoms with Crippen molar-refractivity contribution in [2.24, 2.45) is 0 Å². The molecule has 3 rings (SSSR count). The van der Waals surface area contributed by atoms with E-state index in [1.165, 1.54) is 10.4 Å². The van der Waals surface area contributed by atoms with Gasteiger partial charge in [0.2, 0.25) is 0 Å². The van der Waals surface area contributed by atoms with Crippen LogP contribution in [0.1, 0.15) is 30.0 Å². The first-order valence-corrected chi connectivity index (χ1v) is 10.00. The Kier molecular flexibility index (Phi) is 5.34. The van der Waals surface area contributed by atoms with Crippen molar-refractivity contribution in [3.8, 4) is 0 Å². The van der Waals surface area contributed by atoms with Gasteiger partial charge in [0, 0.05) is 18.7 Å². The van der Waals surface area contributed by atoms with Crippen molar-refractivity contribution in [2.75, 3.05) is 24.5 Å². The molecule has 1 atom stereocenters. The fourth-order valence-electron chi connectivity index (χ4n) is 3.14. The Morgan fingerprint density at radius 1 is 1.16 bits per heavy atom. The van der Waals surface area contributed by atoms with Gasteiger partial charge in [0.15, 0.2) is 0 Å². The zero-order valence-corrected chi connectivity index (χ0v) is 15.5. The molecular formula is C18H21ClN2O3S. The highest BCUT2D eigenvalue weighted by molar-refractivity contribution is 7.92. The lowest BCUT2D eigenvalue weighted by molar-refractivity contribution is 0.283. The third kappa shape index (κ3) is 3.40. The van der Waals surface area contributed by atoms with Crippen molar-refractivity contribution >= 4 is 27.3 Å². The lowest BCUT2D eigenvalue weighted by Gasteiger charge is -2.22. The number of sulfonamides is 1. The molecule has 2 N–H and O–H groups in total. The fraction of sp³-hybridized carbons (Fsp3) is 0.333. The van der Waals surface area contributed by atoms with E-state index in [2.05, 4.69) is 5.32 Å². The predicted octanol–water partition coefficient (Wildman–Crippen LogP) is 2.93. The second kappa shape index (κ2) is 7.33. The Bertz CT molecular complexity index is 870. The van der Waals surface area contributed by atoms with Crippen molar-refractivity contribution < 1.29 is 13.5 Å². The first-order valence-electron chi connectivity index (χ1n) is 8.18. The van der Waals surface area contributed by atoms with Gasteiger partial charge in [-0.2, -0.15) is 0 Å². The number of fused-ring (bicyclic) bond motifs is 2. The summed E-state index contributed by atoms with van der Waals surface area (Å²) in [6.45, 7) is 0.817. The molecule has 1 heterocycles. The molecule has 0 aromatic heterocycles. The van der Waals surface area contributed by atoms with Crippen LogP contribution in [0.5, 0.6) is 0 Å². The summed E-state index contributed by atoms with van der Waals surface area (Å²) in [7, 11) is -2.13. The zero-order valence-electron chi connectivity index (χ0n) is 13.9. The summed E-state index contributed by atoms with van der Waals surface area (Å²) in [5, 5.41) is 12.8. The summed E-state index contributed by atoms with van der Waals surface area (Å²) in [5.41, 5.74) is 2.23. The Labute approximate surface area is 153 Å². The number of aliphatic hydroxyl groups is 1. The topological polar surface area (TPSA) is 69.6 Å². The molecule has 0 radical (unpaired) electrons. The lowest BCUT2D eigenvalue weighted by atomic mass is 9.96. The summed E-state index contributed by atoms with van der Waals surface area (Å²) in [5.74, 6) is 0. The number of nitrogens with one attached hydrogen (secondary N) is 1. The van der Waals surface area contributed by atoms with Crippen LogP contribution in [0.2, 0.25) is 5.02 Å². The number of aliphatic hydroxyl groups excluding tert-OH is 1. The van der Waals surface area contributed by atoms with Crippen molar-refractivity contribution in [3.63, 3.8) is 0 Å². The molecule has 0 fully saturated rings. The molecule has 1 unspecified atom stereocenters. The maximum absolute atomic E-state index is 13.1. The van der Waals surface area contributed by atoms with Gasteiger partial charge in [-0.05, 0) is 48.7 Å². The Balaban J connectivity index is 2.15. The molecule has 25 heavy (non-hydrogen) atoms. The van der Waals surface area contributed by atoms with Gasteiger partial charge in [-0.3, -0.25) is 4.31 Å². The molecule has 0 amide bonds. The molecule has 0 saturated heterocycles. The van der Waals surface area contributed by atoms with Crippen LogP contribution in [-0.2, 0) is 10.0 Å². The number of para-hydroxylation sites is 1. The zero-order chi connectivity index (χ0) is 18.0. The second-order valence-electron chi connectivity index (χ2n) is 6.03. The quantitative estimate of drug-likeness (QED) is 0.782. The van der Waals surface area contributed by atoms with Crippen LogP contribution in [0, 0.1) is 0 Å².